The lowest BCUT2D eigenvalue weighted by atomic mass is 9.82. The van der Waals surface area contributed by atoms with Crippen LogP contribution in [0.1, 0.15) is 43.2 Å². The smallest absolute Gasteiger partial charge is 0.240 e. The Kier molecular flexibility index (Phi) is 5.23. The fourth-order valence-corrected chi connectivity index (χ4v) is 2.93. The number of hydrogen-bond donors (Lipinski definition) is 2. The summed E-state index contributed by atoms with van der Waals surface area (Å²) >= 11 is 0. The topological polar surface area (TPSA) is 64.3 Å². The molecular weight excluding hydrogens is 264 g/mol. The van der Waals surface area contributed by atoms with Crippen LogP contribution in [0.3, 0.4) is 0 Å². The van der Waals surface area contributed by atoms with Gasteiger partial charge in [-0.25, -0.2) is 0 Å². The highest BCUT2D eigenvalue weighted by atomic mass is 16.5. The second-order valence-corrected chi connectivity index (χ2v) is 6.04. The number of hydrogen-bond acceptors (Lipinski definition) is 3. The fraction of sp³-hybridized carbons (Fsp3) is 0.588. The molecule has 0 spiro atoms. The van der Waals surface area contributed by atoms with Crippen molar-refractivity contribution in [2.45, 2.75) is 51.5 Å². The Morgan fingerprint density at radius 2 is 1.86 bits per heavy atom. The third-order valence-corrected chi connectivity index (χ3v) is 4.24. The monoisotopic (exact) mass is 290 g/mol. The molecule has 4 nitrogen and oxygen atoms in total. The van der Waals surface area contributed by atoms with Gasteiger partial charge in [0.15, 0.2) is 0 Å². The first-order chi connectivity index (χ1) is 10.0. The summed E-state index contributed by atoms with van der Waals surface area (Å²) in [5, 5.41) is 2.91. The van der Waals surface area contributed by atoms with Gasteiger partial charge in [-0.15, -0.1) is 0 Å². The van der Waals surface area contributed by atoms with Gasteiger partial charge in [-0.2, -0.15) is 0 Å². The molecule has 1 aliphatic carbocycles. The summed E-state index contributed by atoms with van der Waals surface area (Å²) in [6.45, 7) is 5.01. The molecule has 4 heteroatoms. The van der Waals surface area contributed by atoms with E-state index < -0.39 is 5.54 Å². The first-order valence-electron chi connectivity index (χ1n) is 7.79. The molecule has 1 aromatic rings. The third kappa shape index (κ3) is 3.97. The standard InChI is InChI=1S/C17H26N2O2/c1-13-7-6-8-14(2)15(13)21-12-11-19-16(20)17(18)9-4-3-5-10-17/h6-8H,3-5,9-12,18H2,1-2H3,(H,19,20). The van der Waals surface area contributed by atoms with Crippen molar-refractivity contribution >= 4 is 5.91 Å². The number of amides is 1. The summed E-state index contributed by atoms with van der Waals surface area (Å²) in [5.74, 6) is 0.874. The predicted octanol–water partition coefficient (Wildman–Crippen LogP) is 2.46. The maximum atomic E-state index is 12.2. The van der Waals surface area contributed by atoms with E-state index in [4.69, 9.17) is 10.5 Å². The van der Waals surface area contributed by atoms with Crippen LogP contribution >= 0.6 is 0 Å². The molecule has 1 aromatic carbocycles. The van der Waals surface area contributed by atoms with E-state index in [2.05, 4.69) is 5.32 Å². The van der Waals surface area contributed by atoms with Crippen LogP contribution < -0.4 is 15.8 Å². The molecule has 1 saturated carbocycles. The van der Waals surface area contributed by atoms with E-state index in [-0.39, 0.29) is 5.91 Å². The van der Waals surface area contributed by atoms with Crippen LogP contribution in [-0.2, 0) is 4.79 Å². The minimum absolute atomic E-state index is 0.0349. The van der Waals surface area contributed by atoms with Gasteiger partial charge in [0.05, 0.1) is 12.1 Å². The molecule has 0 radical (unpaired) electrons. The molecule has 0 atom stereocenters. The first kappa shape index (κ1) is 15.8. The number of carbonyl (C=O) groups is 1. The molecule has 0 aromatic heterocycles. The van der Waals surface area contributed by atoms with Gasteiger partial charge in [-0.1, -0.05) is 37.5 Å². The maximum absolute atomic E-state index is 12.2. The van der Waals surface area contributed by atoms with Gasteiger partial charge in [0.2, 0.25) is 5.91 Å². The Hall–Kier alpha value is -1.55. The summed E-state index contributed by atoms with van der Waals surface area (Å²) in [6.07, 6.45) is 4.85. The third-order valence-electron chi connectivity index (χ3n) is 4.24. The molecule has 0 unspecified atom stereocenters. The highest BCUT2D eigenvalue weighted by molar-refractivity contribution is 5.86. The molecule has 0 bridgehead atoms. The van der Waals surface area contributed by atoms with Crippen LogP contribution in [0, 0.1) is 13.8 Å². The number of nitrogens with one attached hydrogen (secondary N) is 1. The van der Waals surface area contributed by atoms with Crippen LogP contribution in [-0.4, -0.2) is 24.6 Å². The second-order valence-electron chi connectivity index (χ2n) is 6.04. The molecule has 21 heavy (non-hydrogen) atoms. The molecule has 1 aliphatic rings. The average Bonchev–Trinajstić information content (AvgIpc) is 2.46. The van der Waals surface area contributed by atoms with E-state index in [9.17, 15) is 4.79 Å². The number of ether oxygens (including phenoxy) is 1. The zero-order chi connectivity index (χ0) is 15.3. The van der Waals surface area contributed by atoms with Gasteiger partial charge >= 0.3 is 0 Å². The Bertz CT molecular complexity index is 473. The lowest BCUT2D eigenvalue weighted by Crippen LogP contribution is -2.55. The number of nitrogens with two attached hydrogens (primary N) is 1. The van der Waals surface area contributed by atoms with E-state index in [0.29, 0.717) is 13.2 Å². The lowest BCUT2D eigenvalue weighted by molar-refractivity contribution is -0.127. The molecular formula is C17H26N2O2. The van der Waals surface area contributed by atoms with Crippen molar-refractivity contribution in [3.8, 4) is 5.75 Å². The van der Waals surface area contributed by atoms with E-state index in [0.717, 1.165) is 42.6 Å². The van der Waals surface area contributed by atoms with E-state index in [1.165, 1.54) is 6.42 Å². The molecule has 3 N–H and O–H groups in total. The van der Waals surface area contributed by atoms with Crippen molar-refractivity contribution in [1.29, 1.82) is 0 Å². The van der Waals surface area contributed by atoms with Crippen molar-refractivity contribution < 1.29 is 9.53 Å². The van der Waals surface area contributed by atoms with Crippen molar-refractivity contribution in [2.75, 3.05) is 13.2 Å². The summed E-state index contributed by atoms with van der Waals surface area (Å²) in [7, 11) is 0. The first-order valence-corrected chi connectivity index (χ1v) is 7.79. The zero-order valence-electron chi connectivity index (χ0n) is 13.1. The van der Waals surface area contributed by atoms with Gasteiger partial charge in [0.1, 0.15) is 12.4 Å². The fourth-order valence-electron chi connectivity index (χ4n) is 2.93. The van der Waals surface area contributed by atoms with Crippen molar-refractivity contribution in [2.24, 2.45) is 5.73 Å². The van der Waals surface area contributed by atoms with Crippen molar-refractivity contribution in [3.05, 3.63) is 29.3 Å². The quantitative estimate of drug-likeness (QED) is 0.819. The van der Waals surface area contributed by atoms with Crippen LogP contribution in [0.5, 0.6) is 5.75 Å². The number of para-hydroxylation sites is 1. The van der Waals surface area contributed by atoms with E-state index >= 15 is 0 Å². The average molecular weight is 290 g/mol. The Morgan fingerprint density at radius 1 is 1.24 bits per heavy atom. The summed E-state index contributed by atoms with van der Waals surface area (Å²) < 4.78 is 5.78. The molecule has 0 saturated heterocycles. The maximum Gasteiger partial charge on any atom is 0.240 e. The van der Waals surface area contributed by atoms with Crippen molar-refractivity contribution in [3.63, 3.8) is 0 Å². The molecule has 0 aliphatic heterocycles. The van der Waals surface area contributed by atoms with Gasteiger partial charge in [-0.3, -0.25) is 4.79 Å². The molecule has 1 amide bonds. The van der Waals surface area contributed by atoms with Crippen LogP contribution in [0.15, 0.2) is 18.2 Å². The molecule has 116 valence electrons. The largest absolute Gasteiger partial charge is 0.491 e. The summed E-state index contributed by atoms with van der Waals surface area (Å²) in [5.41, 5.74) is 7.75. The number of aryl methyl sites for hydroxylation is 2. The lowest BCUT2D eigenvalue weighted by Gasteiger charge is -2.31. The number of benzene rings is 1. The van der Waals surface area contributed by atoms with Crippen LogP contribution in [0.2, 0.25) is 0 Å². The van der Waals surface area contributed by atoms with Crippen LogP contribution in [0.25, 0.3) is 0 Å². The highest BCUT2D eigenvalue weighted by Crippen LogP contribution is 2.26. The highest BCUT2D eigenvalue weighted by Gasteiger charge is 2.34. The number of carbonyl (C=O) groups excluding carboxylic acids is 1. The van der Waals surface area contributed by atoms with E-state index in [1.54, 1.807) is 0 Å². The normalized spacial score (nSPS) is 17.3. The number of rotatable bonds is 5. The van der Waals surface area contributed by atoms with E-state index in [1.807, 2.05) is 32.0 Å². The van der Waals surface area contributed by atoms with Crippen molar-refractivity contribution in [1.82, 2.24) is 5.32 Å². The Balaban J connectivity index is 1.78. The predicted molar refractivity (Wildman–Crippen MR) is 84.4 cm³/mol. The second kappa shape index (κ2) is 6.94. The van der Waals surface area contributed by atoms with Crippen LogP contribution in [0.4, 0.5) is 0 Å². The van der Waals surface area contributed by atoms with Gasteiger partial charge in [0, 0.05) is 0 Å². The van der Waals surface area contributed by atoms with Gasteiger partial charge in [-0.05, 0) is 37.8 Å². The molecule has 2 rings (SSSR count). The summed E-state index contributed by atoms with van der Waals surface area (Å²) in [4.78, 5) is 12.2. The minimum atomic E-state index is -0.670. The van der Waals surface area contributed by atoms with Gasteiger partial charge < -0.3 is 15.8 Å². The SMILES string of the molecule is Cc1cccc(C)c1OCCNC(=O)C1(N)CCCCC1. The Labute approximate surface area is 127 Å². The molecule has 0 heterocycles. The van der Waals surface area contributed by atoms with Gasteiger partial charge in [0.25, 0.3) is 0 Å². The Morgan fingerprint density at radius 3 is 2.48 bits per heavy atom. The minimum Gasteiger partial charge on any atom is -0.491 e. The zero-order valence-corrected chi connectivity index (χ0v) is 13.1. The molecule has 1 fully saturated rings. The summed E-state index contributed by atoms with van der Waals surface area (Å²) in [6, 6.07) is 6.07.